The Morgan fingerprint density at radius 1 is 1.36 bits per heavy atom. The number of aliphatic hydroxyl groups excluding tert-OH is 1. The Morgan fingerprint density at radius 2 is 2.00 bits per heavy atom. The maximum atomic E-state index is 8.96. The fraction of sp³-hybridized carbons (Fsp3) is 0.250. The van der Waals surface area contributed by atoms with Crippen LogP contribution in [-0.2, 0) is 6.61 Å². The van der Waals surface area contributed by atoms with E-state index in [1.807, 2.05) is 13.0 Å². The van der Waals surface area contributed by atoms with Crippen molar-refractivity contribution in [2.45, 2.75) is 13.5 Å². The van der Waals surface area contributed by atoms with Gasteiger partial charge in [0.1, 0.15) is 0 Å². The molecule has 0 bridgehead atoms. The van der Waals surface area contributed by atoms with E-state index in [2.05, 4.69) is 51.2 Å². The van der Waals surface area contributed by atoms with E-state index in [4.69, 9.17) is 5.11 Å². The fourth-order valence-corrected chi connectivity index (χ4v) is 2.83. The van der Waals surface area contributed by atoms with Crippen LogP contribution in [0.1, 0.15) is 11.1 Å². The SMILES string of the molecule is Cc1c(I)cc(I)cc1CO. The van der Waals surface area contributed by atoms with E-state index in [9.17, 15) is 0 Å². The van der Waals surface area contributed by atoms with Crippen molar-refractivity contribution in [1.82, 2.24) is 0 Å². The third-order valence-electron chi connectivity index (χ3n) is 1.59. The van der Waals surface area contributed by atoms with Gasteiger partial charge in [0.05, 0.1) is 6.61 Å². The molecule has 0 saturated carbocycles. The number of aliphatic hydroxyl groups is 1. The third kappa shape index (κ3) is 2.29. The van der Waals surface area contributed by atoms with Crippen LogP contribution in [0, 0.1) is 14.1 Å². The van der Waals surface area contributed by atoms with Gasteiger partial charge in [-0.15, -0.1) is 0 Å². The highest BCUT2D eigenvalue weighted by molar-refractivity contribution is 14.1. The highest BCUT2D eigenvalue weighted by Crippen LogP contribution is 2.19. The zero-order valence-electron chi connectivity index (χ0n) is 6.06. The van der Waals surface area contributed by atoms with Gasteiger partial charge in [-0.25, -0.2) is 0 Å². The molecule has 1 N–H and O–H groups in total. The Hall–Kier alpha value is 0.640. The second-order valence-corrected chi connectivity index (χ2v) is 4.74. The summed E-state index contributed by atoms with van der Waals surface area (Å²) in [6.07, 6.45) is 0. The first kappa shape index (κ1) is 9.73. The summed E-state index contributed by atoms with van der Waals surface area (Å²) in [6, 6.07) is 4.12. The van der Waals surface area contributed by atoms with E-state index in [-0.39, 0.29) is 6.61 Å². The molecule has 0 spiro atoms. The summed E-state index contributed by atoms with van der Waals surface area (Å²) in [7, 11) is 0. The summed E-state index contributed by atoms with van der Waals surface area (Å²) >= 11 is 4.54. The zero-order valence-corrected chi connectivity index (χ0v) is 10.4. The van der Waals surface area contributed by atoms with E-state index in [0.717, 1.165) is 5.56 Å². The van der Waals surface area contributed by atoms with E-state index in [1.54, 1.807) is 0 Å². The molecule has 0 radical (unpaired) electrons. The topological polar surface area (TPSA) is 20.2 Å². The van der Waals surface area contributed by atoms with Gasteiger partial charge in [0, 0.05) is 7.14 Å². The van der Waals surface area contributed by atoms with Crippen LogP contribution in [0.2, 0.25) is 0 Å². The van der Waals surface area contributed by atoms with Crippen molar-refractivity contribution >= 4 is 45.2 Å². The average Bonchev–Trinajstić information content (AvgIpc) is 1.96. The first-order valence-corrected chi connectivity index (χ1v) is 5.36. The molecule has 0 heterocycles. The number of hydrogen-bond acceptors (Lipinski definition) is 1. The molecular weight excluding hydrogens is 366 g/mol. The van der Waals surface area contributed by atoms with Crippen LogP contribution >= 0.6 is 45.2 Å². The van der Waals surface area contributed by atoms with Crippen molar-refractivity contribution in [2.24, 2.45) is 0 Å². The van der Waals surface area contributed by atoms with Crippen LogP contribution in [0.15, 0.2) is 12.1 Å². The average molecular weight is 374 g/mol. The Kier molecular flexibility index (Phi) is 3.57. The molecule has 0 saturated heterocycles. The number of benzene rings is 1. The first-order valence-electron chi connectivity index (χ1n) is 3.20. The second-order valence-electron chi connectivity index (χ2n) is 2.33. The summed E-state index contributed by atoms with van der Waals surface area (Å²) < 4.78 is 2.40. The molecule has 0 atom stereocenters. The first-order chi connectivity index (χ1) is 5.15. The summed E-state index contributed by atoms with van der Waals surface area (Å²) in [5, 5.41) is 8.96. The summed E-state index contributed by atoms with van der Waals surface area (Å²) in [6.45, 7) is 2.17. The van der Waals surface area contributed by atoms with Gasteiger partial charge in [-0.1, -0.05) is 0 Å². The standard InChI is InChI=1S/C8H8I2O/c1-5-6(4-11)2-7(9)3-8(5)10/h2-3,11H,4H2,1H3. The zero-order chi connectivity index (χ0) is 8.43. The van der Waals surface area contributed by atoms with E-state index >= 15 is 0 Å². The quantitative estimate of drug-likeness (QED) is 0.750. The predicted octanol–water partition coefficient (Wildman–Crippen LogP) is 2.70. The number of hydrogen-bond donors (Lipinski definition) is 1. The molecule has 0 unspecified atom stereocenters. The molecule has 1 rings (SSSR count). The normalized spacial score (nSPS) is 10.2. The molecule has 0 aliphatic rings. The lowest BCUT2D eigenvalue weighted by Gasteiger charge is -2.05. The second kappa shape index (κ2) is 4.04. The van der Waals surface area contributed by atoms with Crippen molar-refractivity contribution in [3.05, 3.63) is 30.4 Å². The van der Waals surface area contributed by atoms with Crippen LogP contribution in [0.25, 0.3) is 0 Å². The molecular formula is C8H8I2O. The lowest BCUT2D eigenvalue weighted by Crippen LogP contribution is -1.92. The molecule has 60 valence electrons. The number of halogens is 2. The van der Waals surface area contributed by atoms with Crippen molar-refractivity contribution in [3.8, 4) is 0 Å². The molecule has 0 amide bonds. The summed E-state index contributed by atoms with van der Waals surface area (Å²) in [5.74, 6) is 0. The molecule has 0 aromatic heterocycles. The van der Waals surface area contributed by atoms with Gasteiger partial charge >= 0.3 is 0 Å². The van der Waals surface area contributed by atoms with E-state index in [1.165, 1.54) is 12.7 Å². The van der Waals surface area contributed by atoms with E-state index < -0.39 is 0 Å². The minimum absolute atomic E-state index is 0.138. The molecule has 3 heteroatoms. The van der Waals surface area contributed by atoms with Gasteiger partial charge in [0.25, 0.3) is 0 Å². The van der Waals surface area contributed by atoms with Gasteiger partial charge in [-0.3, -0.25) is 0 Å². The monoisotopic (exact) mass is 374 g/mol. The van der Waals surface area contributed by atoms with Crippen LogP contribution in [0.4, 0.5) is 0 Å². The minimum Gasteiger partial charge on any atom is -0.392 e. The lowest BCUT2D eigenvalue weighted by atomic mass is 10.1. The summed E-state index contributed by atoms with van der Waals surface area (Å²) in [5.41, 5.74) is 2.22. The molecule has 1 aromatic carbocycles. The maximum absolute atomic E-state index is 8.96. The molecule has 0 fully saturated rings. The highest BCUT2D eigenvalue weighted by atomic mass is 127. The molecule has 0 aliphatic heterocycles. The molecule has 1 nitrogen and oxygen atoms in total. The van der Waals surface area contributed by atoms with Crippen LogP contribution in [0.3, 0.4) is 0 Å². The lowest BCUT2D eigenvalue weighted by molar-refractivity contribution is 0.281. The maximum Gasteiger partial charge on any atom is 0.0685 e. The predicted molar refractivity (Wildman–Crippen MR) is 62.5 cm³/mol. The third-order valence-corrected chi connectivity index (χ3v) is 3.33. The smallest absolute Gasteiger partial charge is 0.0685 e. The minimum atomic E-state index is 0.138. The van der Waals surface area contributed by atoms with Crippen molar-refractivity contribution in [3.63, 3.8) is 0 Å². The summed E-state index contributed by atoms with van der Waals surface area (Å²) in [4.78, 5) is 0. The van der Waals surface area contributed by atoms with Crippen molar-refractivity contribution in [2.75, 3.05) is 0 Å². The van der Waals surface area contributed by atoms with Crippen molar-refractivity contribution in [1.29, 1.82) is 0 Å². The van der Waals surface area contributed by atoms with Crippen molar-refractivity contribution < 1.29 is 5.11 Å². The van der Waals surface area contributed by atoms with Crippen LogP contribution < -0.4 is 0 Å². The van der Waals surface area contributed by atoms with Crippen LogP contribution in [-0.4, -0.2) is 5.11 Å². The largest absolute Gasteiger partial charge is 0.392 e. The Morgan fingerprint density at radius 3 is 2.55 bits per heavy atom. The van der Waals surface area contributed by atoms with Gasteiger partial charge in [-0.2, -0.15) is 0 Å². The Balaban J connectivity index is 3.24. The molecule has 0 aliphatic carbocycles. The van der Waals surface area contributed by atoms with Gasteiger partial charge in [-0.05, 0) is 75.4 Å². The fourth-order valence-electron chi connectivity index (χ4n) is 0.863. The Bertz CT molecular complexity index is 271. The van der Waals surface area contributed by atoms with Gasteiger partial charge in [0.2, 0.25) is 0 Å². The molecule has 11 heavy (non-hydrogen) atoms. The number of rotatable bonds is 1. The van der Waals surface area contributed by atoms with E-state index in [0.29, 0.717) is 0 Å². The van der Waals surface area contributed by atoms with Crippen LogP contribution in [0.5, 0.6) is 0 Å². The highest BCUT2D eigenvalue weighted by Gasteiger charge is 2.01. The molecule has 1 aromatic rings. The van der Waals surface area contributed by atoms with Gasteiger partial charge < -0.3 is 5.11 Å². The van der Waals surface area contributed by atoms with Gasteiger partial charge in [0.15, 0.2) is 0 Å². The Labute approximate surface area is 93.5 Å².